The van der Waals surface area contributed by atoms with Crippen molar-refractivity contribution in [2.24, 2.45) is 0 Å². The number of aromatic nitrogens is 1. The minimum absolute atomic E-state index is 0.262. The van der Waals surface area contributed by atoms with E-state index in [4.69, 9.17) is 9.15 Å². The Morgan fingerprint density at radius 3 is 2.77 bits per heavy atom. The molecule has 13 heavy (non-hydrogen) atoms. The zero-order valence-corrected chi connectivity index (χ0v) is 8.55. The summed E-state index contributed by atoms with van der Waals surface area (Å²) in [5.41, 5.74) is 0.587. The lowest BCUT2D eigenvalue weighted by atomic mass is 10.2. The Bertz CT molecular complexity index is 263. The van der Waals surface area contributed by atoms with Gasteiger partial charge in [-0.05, 0) is 27.8 Å². The van der Waals surface area contributed by atoms with Gasteiger partial charge >= 0.3 is 6.08 Å². The molecule has 1 rings (SSSR count). The first-order valence-electron chi connectivity index (χ1n) is 4.29. The molecule has 0 aromatic carbocycles. The van der Waals surface area contributed by atoms with Crippen LogP contribution in [0.15, 0.2) is 10.7 Å². The van der Waals surface area contributed by atoms with Crippen molar-refractivity contribution in [3.63, 3.8) is 0 Å². The predicted octanol–water partition coefficient (Wildman–Crippen LogP) is 1.57. The topological polar surface area (TPSA) is 47.3 Å². The van der Waals surface area contributed by atoms with E-state index >= 15 is 0 Å². The number of hydrogen-bond donors (Lipinski definition) is 1. The molecule has 74 valence electrons. The maximum Gasteiger partial charge on any atom is 0.394 e. The summed E-state index contributed by atoms with van der Waals surface area (Å²) in [6.45, 7) is 6.55. The van der Waals surface area contributed by atoms with Crippen LogP contribution in [0.4, 0.5) is 0 Å². The highest BCUT2D eigenvalue weighted by Gasteiger charge is 2.15. The first-order valence-corrected chi connectivity index (χ1v) is 4.29. The van der Waals surface area contributed by atoms with Gasteiger partial charge in [-0.25, -0.2) is 0 Å². The zero-order chi connectivity index (χ0) is 9.90. The van der Waals surface area contributed by atoms with Crippen LogP contribution in [0.3, 0.4) is 0 Å². The molecule has 1 aromatic heterocycles. The summed E-state index contributed by atoms with van der Waals surface area (Å²) in [4.78, 5) is 4.13. The first kappa shape index (κ1) is 10.1. The van der Waals surface area contributed by atoms with Crippen LogP contribution in [0.25, 0.3) is 0 Å². The van der Waals surface area contributed by atoms with E-state index in [-0.39, 0.29) is 5.60 Å². The van der Waals surface area contributed by atoms with Gasteiger partial charge in [0, 0.05) is 6.54 Å². The molecule has 4 nitrogen and oxygen atoms in total. The third kappa shape index (κ3) is 3.46. The standard InChI is InChI=1S/C9H16N2O2/c1-9(2,3)13-8-11-7(5-10-4)6-12-8/h6,10H,5H2,1-4H3. The summed E-state index contributed by atoms with van der Waals surface area (Å²) >= 11 is 0. The van der Waals surface area contributed by atoms with Crippen molar-refractivity contribution >= 4 is 0 Å². The van der Waals surface area contributed by atoms with Crippen molar-refractivity contribution in [2.45, 2.75) is 32.9 Å². The van der Waals surface area contributed by atoms with Crippen LogP contribution >= 0.6 is 0 Å². The second kappa shape index (κ2) is 3.79. The van der Waals surface area contributed by atoms with E-state index in [1.807, 2.05) is 27.8 Å². The van der Waals surface area contributed by atoms with Crippen LogP contribution in [-0.2, 0) is 6.54 Å². The molecule has 0 spiro atoms. The number of nitrogens with zero attached hydrogens (tertiary/aromatic N) is 1. The minimum atomic E-state index is -0.262. The molecule has 1 aromatic rings. The number of ether oxygens (including phenoxy) is 1. The van der Waals surface area contributed by atoms with Crippen LogP contribution in [0.5, 0.6) is 6.08 Å². The molecule has 0 aliphatic heterocycles. The fourth-order valence-corrected chi connectivity index (χ4v) is 0.860. The van der Waals surface area contributed by atoms with Gasteiger partial charge in [-0.2, -0.15) is 4.98 Å². The Morgan fingerprint density at radius 1 is 1.54 bits per heavy atom. The fraction of sp³-hybridized carbons (Fsp3) is 0.667. The average molecular weight is 184 g/mol. The molecule has 0 saturated heterocycles. The summed E-state index contributed by atoms with van der Waals surface area (Å²) < 4.78 is 10.5. The summed E-state index contributed by atoms with van der Waals surface area (Å²) in [7, 11) is 1.86. The molecule has 0 radical (unpaired) electrons. The molecule has 1 N–H and O–H groups in total. The Morgan fingerprint density at radius 2 is 2.23 bits per heavy atom. The molecule has 0 aliphatic rings. The lowest BCUT2D eigenvalue weighted by molar-refractivity contribution is 0.0874. The van der Waals surface area contributed by atoms with Gasteiger partial charge in [0.25, 0.3) is 0 Å². The highest BCUT2D eigenvalue weighted by Crippen LogP contribution is 2.16. The Hall–Kier alpha value is -1.03. The second-order valence-electron chi connectivity index (χ2n) is 3.85. The molecule has 1 heterocycles. The maximum atomic E-state index is 5.42. The van der Waals surface area contributed by atoms with Gasteiger partial charge in [0.15, 0.2) is 0 Å². The number of hydrogen-bond acceptors (Lipinski definition) is 4. The Labute approximate surface area is 78.3 Å². The summed E-state index contributed by atoms with van der Waals surface area (Å²) in [5.74, 6) is 0. The largest absolute Gasteiger partial charge is 0.444 e. The van der Waals surface area contributed by atoms with E-state index in [1.165, 1.54) is 0 Å². The van der Waals surface area contributed by atoms with Crippen LogP contribution in [-0.4, -0.2) is 17.6 Å². The van der Waals surface area contributed by atoms with Gasteiger partial charge in [-0.15, -0.1) is 0 Å². The molecule has 0 aliphatic carbocycles. The lowest BCUT2D eigenvalue weighted by Gasteiger charge is -2.17. The van der Waals surface area contributed by atoms with Gasteiger partial charge in [0.05, 0.1) is 5.69 Å². The fourth-order valence-electron chi connectivity index (χ4n) is 0.860. The molecule has 0 unspecified atom stereocenters. The summed E-state index contributed by atoms with van der Waals surface area (Å²) in [6.07, 6.45) is 1.93. The highest BCUT2D eigenvalue weighted by molar-refractivity contribution is 5.00. The zero-order valence-electron chi connectivity index (χ0n) is 8.55. The van der Waals surface area contributed by atoms with Crippen molar-refractivity contribution in [2.75, 3.05) is 7.05 Å². The molecule has 0 bridgehead atoms. The minimum Gasteiger partial charge on any atom is -0.444 e. The molecular formula is C9H16N2O2. The number of oxazole rings is 1. The number of rotatable bonds is 3. The van der Waals surface area contributed by atoms with Crippen LogP contribution in [0.2, 0.25) is 0 Å². The van der Waals surface area contributed by atoms with E-state index in [2.05, 4.69) is 10.3 Å². The molecular weight excluding hydrogens is 168 g/mol. The van der Waals surface area contributed by atoms with Crippen LogP contribution in [0, 0.1) is 0 Å². The van der Waals surface area contributed by atoms with E-state index in [1.54, 1.807) is 6.26 Å². The number of nitrogens with one attached hydrogen (secondary N) is 1. The predicted molar refractivity (Wildman–Crippen MR) is 49.6 cm³/mol. The smallest absolute Gasteiger partial charge is 0.394 e. The van der Waals surface area contributed by atoms with Gasteiger partial charge in [-0.1, -0.05) is 0 Å². The molecule has 0 atom stereocenters. The molecule has 0 fully saturated rings. The summed E-state index contributed by atoms with van der Waals surface area (Å²) in [6, 6.07) is 0. The quantitative estimate of drug-likeness (QED) is 0.774. The second-order valence-corrected chi connectivity index (χ2v) is 3.85. The van der Waals surface area contributed by atoms with Gasteiger partial charge < -0.3 is 14.5 Å². The van der Waals surface area contributed by atoms with Crippen molar-refractivity contribution < 1.29 is 9.15 Å². The van der Waals surface area contributed by atoms with E-state index in [9.17, 15) is 0 Å². The normalized spacial score (nSPS) is 11.7. The first-order chi connectivity index (χ1) is 6.01. The van der Waals surface area contributed by atoms with Crippen LogP contribution < -0.4 is 10.1 Å². The third-order valence-corrected chi connectivity index (χ3v) is 1.28. The SMILES string of the molecule is CNCc1coc(OC(C)(C)C)n1. The average Bonchev–Trinajstić information content (AvgIpc) is 2.33. The molecule has 0 saturated carbocycles. The molecule has 4 heteroatoms. The van der Waals surface area contributed by atoms with Gasteiger partial charge in [0.2, 0.25) is 0 Å². The van der Waals surface area contributed by atoms with Crippen molar-refractivity contribution in [3.05, 3.63) is 12.0 Å². The molecule has 0 amide bonds. The van der Waals surface area contributed by atoms with Crippen LogP contribution in [0.1, 0.15) is 26.5 Å². The Balaban J connectivity index is 2.59. The lowest BCUT2D eigenvalue weighted by Crippen LogP contribution is -2.23. The monoisotopic (exact) mass is 184 g/mol. The maximum absolute atomic E-state index is 5.42. The summed E-state index contributed by atoms with van der Waals surface area (Å²) in [5, 5.41) is 2.98. The van der Waals surface area contributed by atoms with Gasteiger partial charge in [-0.3, -0.25) is 0 Å². The van der Waals surface area contributed by atoms with E-state index in [0.717, 1.165) is 5.69 Å². The van der Waals surface area contributed by atoms with Crippen molar-refractivity contribution in [1.82, 2.24) is 10.3 Å². The highest BCUT2D eigenvalue weighted by atomic mass is 16.6. The van der Waals surface area contributed by atoms with Gasteiger partial charge in [0.1, 0.15) is 11.9 Å². The third-order valence-electron chi connectivity index (χ3n) is 1.28. The van der Waals surface area contributed by atoms with E-state index in [0.29, 0.717) is 12.6 Å². The Kier molecular flexibility index (Phi) is 2.93. The van der Waals surface area contributed by atoms with E-state index < -0.39 is 0 Å². The van der Waals surface area contributed by atoms with Crippen molar-refractivity contribution in [3.8, 4) is 6.08 Å². The van der Waals surface area contributed by atoms with Crippen molar-refractivity contribution in [1.29, 1.82) is 0 Å².